The standard InChI is InChI=1S/C30H38FN5O3/c1-18(2)29-24-14-22(15-25(31)28(24)34-35(29)4)23-16-26(32-17-19(23)3)33-30(38)21-7-5-6-20(12-21)13-27(37)36-8-10-39-11-9-36/h14-18,20-21H,5-13H2,1-4H3,(H,32,33,38)/t20-,21+/m1/s1. The van der Waals surface area contributed by atoms with Crippen LogP contribution >= 0.6 is 0 Å². The van der Waals surface area contributed by atoms with Crippen molar-refractivity contribution in [3.63, 3.8) is 0 Å². The second-order valence-corrected chi connectivity index (χ2v) is 11.3. The Morgan fingerprint density at radius 2 is 1.95 bits per heavy atom. The van der Waals surface area contributed by atoms with Crippen molar-refractivity contribution in [3.8, 4) is 11.1 Å². The zero-order chi connectivity index (χ0) is 27.7. The van der Waals surface area contributed by atoms with Gasteiger partial charge in [-0.1, -0.05) is 20.3 Å². The van der Waals surface area contributed by atoms with Crippen LogP contribution in [0.5, 0.6) is 0 Å². The number of halogens is 1. The molecule has 3 heterocycles. The molecule has 0 unspecified atom stereocenters. The van der Waals surface area contributed by atoms with Gasteiger partial charge in [-0.05, 0) is 72.9 Å². The highest BCUT2D eigenvalue weighted by Crippen LogP contribution is 2.35. The van der Waals surface area contributed by atoms with Gasteiger partial charge in [-0.3, -0.25) is 14.3 Å². The molecule has 2 fully saturated rings. The van der Waals surface area contributed by atoms with Crippen molar-refractivity contribution in [2.45, 2.75) is 58.8 Å². The Morgan fingerprint density at radius 1 is 1.18 bits per heavy atom. The van der Waals surface area contributed by atoms with Crippen molar-refractivity contribution in [2.75, 3.05) is 31.6 Å². The molecule has 1 saturated heterocycles. The van der Waals surface area contributed by atoms with Crippen LogP contribution in [0.25, 0.3) is 22.0 Å². The van der Waals surface area contributed by atoms with Gasteiger partial charge in [-0.2, -0.15) is 5.10 Å². The first-order valence-corrected chi connectivity index (χ1v) is 14.0. The maximum Gasteiger partial charge on any atom is 0.228 e. The third kappa shape index (κ3) is 5.83. The van der Waals surface area contributed by atoms with Gasteiger partial charge in [0.1, 0.15) is 11.3 Å². The Kier molecular flexibility index (Phi) is 7.98. The van der Waals surface area contributed by atoms with E-state index in [1.807, 2.05) is 31.0 Å². The van der Waals surface area contributed by atoms with Crippen LogP contribution in [0.4, 0.5) is 10.2 Å². The number of carbonyl (C=O) groups is 2. The fourth-order valence-corrected chi connectivity index (χ4v) is 6.15. The normalized spacial score (nSPS) is 20.0. The zero-order valence-electron chi connectivity index (χ0n) is 23.3. The molecule has 0 bridgehead atoms. The molecule has 2 aromatic heterocycles. The molecule has 9 heteroatoms. The summed E-state index contributed by atoms with van der Waals surface area (Å²) in [6, 6.07) is 5.30. The number of benzene rings is 1. The van der Waals surface area contributed by atoms with Crippen LogP contribution in [-0.2, 0) is 21.4 Å². The van der Waals surface area contributed by atoms with E-state index in [0.717, 1.165) is 47.0 Å². The quantitative estimate of drug-likeness (QED) is 0.469. The number of nitrogens with zero attached hydrogens (tertiary/aromatic N) is 4. The molecule has 0 radical (unpaired) electrons. The van der Waals surface area contributed by atoms with Gasteiger partial charge in [0.2, 0.25) is 11.8 Å². The summed E-state index contributed by atoms with van der Waals surface area (Å²) in [5, 5.41) is 8.19. The summed E-state index contributed by atoms with van der Waals surface area (Å²) >= 11 is 0. The highest BCUT2D eigenvalue weighted by Gasteiger charge is 2.30. The lowest BCUT2D eigenvalue weighted by atomic mass is 9.79. The van der Waals surface area contributed by atoms with E-state index in [1.165, 1.54) is 6.07 Å². The summed E-state index contributed by atoms with van der Waals surface area (Å²) in [6.07, 6.45) is 5.58. The average Bonchev–Trinajstić information content (AvgIpc) is 3.27. The predicted octanol–water partition coefficient (Wildman–Crippen LogP) is 5.20. The van der Waals surface area contributed by atoms with Gasteiger partial charge >= 0.3 is 0 Å². The second-order valence-electron chi connectivity index (χ2n) is 11.3. The lowest BCUT2D eigenvalue weighted by Gasteiger charge is -2.31. The minimum Gasteiger partial charge on any atom is -0.378 e. The lowest BCUT2D eigenvalue weighted by Crippen LogP contribution is -2.41. The highest BCUT2D eigenvalue weighted by atomic mass is 19.1. The topological polar surface area (TPSA) is 89.3 Å². The lowest BCUT2D eigenvalue weighted by molar-refractivity contribution is -0.137. The molecule has 5 rings (SSSR count). The molecule has 3 aromatic rings. The van der Waals surface area contributed by atoms with E-state index in [2.05, 4.69) is 29.2 Å². The molecule has 1 aromatic carbocycles. The van der Waals surface area contributed by atoms with E-state index in [0.29, 0.717) is 50.5 Å². The van der Waals surface area contributed by atoms with Gasteiger partial charge in [0.05, 0.1) is 13.2 Å². The Morgan fingerprint density at radius 3 is 2.69 bits per heavy atom. The van der Waals surface area contributed by atoms with Crippen LogP contribution < -0.4 is 5.32 Å². The first-order valence-electron chi connectivity index (χ1n) is 14.0. The van der Waals surface area contributed by atoms with E-state index in [4.69, 9.17) is 4.74 Å². The summed E-state index contributed by atoms with van der Waals surface area (Å²) in [7, 11) is 1.84. The monoisotopic (exact) mass is 535 g/mol. The smallest absolute Gasteiger partial charge is 0.228 e. The summed E-state index contributed by atoms with van der Waals surface area (Å²) in [5.74, 6) is 0.395. The third-order valence-electron chi connectivity index (χ3n) is 8.13. The van der Waals surface area contributed by atoms with E-state index in [9.17, 15) is 9.59 Å². The van der Waals surface area contributed by atoms with Gasteiger partial charge in [0.15, 0.2) is 5.82 Å². The van der Waals surface area contributed by atoms with Gasteiger partial charge in [0, 0.05) is 49.8 Å². The van der Waals surface area contributed by atoms with Gasteiger partial charge in [-0.15, -0.1) is 0 Å². The fraction of sp³-hybridized carbons (Fsp3) is 0.533. The largest absolute Gasteiger partial charge is 0.378 e. The molecule has 1 N–H and O–H groups in total. The molecule has 1 aliphatic heterocycles. The van der Waals surface area contributed by atoms with E-state index < -0.39 is 0 Å². The number of ether oxygens (including phenoxy) is 1. The minimum absolute atomic E-state index is 0.0724. The number of hydrogen-bond acceptors (Lipinski definition) is 5. The van der Waals surface area contributed by atoms with Crippen molar-refractivity contribution in [1.29, 1.82) is 0 Å². The first-order chi connectivity index (χ1) is 18.7. The average molecular weight is 536 g/mol. The number of aryl methyl sites for hydroxylation is 2. The third-order valence-corrected chi connectivity index (χ3v) is 8.13. The molecule has 8 nitrogen and oxygen atoms in total. The number of fused-ring (bicyclic) bond motifs is 1. The highest BCUT2D eigenvalue weighted by molar-refractivity contribution is 5.93. The predicted molar refractivity (Wildman–Crippen MR) is 149 cm³/mol. The maximum atomic E-state index is 15.1. The molecular weight excluding hydrogens is 497 g/mol. The van der Waals surface area contributed by atoms with Crippen LogP contribution in [0.1, 0.15) is 63.1 Å². The molecule has 2 aliphatic rings. The molecule has 0 spiro atoms. The Balaban J connectivity index is 1.31. The number of anilines is 1. The number of rotatable bonds is 6. The first kappa shape index (κ1) is 27.2. The van der Waals surface area contributed by atoms with Crippen LogP contribution in [0.2, 0.25) is 0 Å². The number of amides is 2. The summed E-state index contributed by atoms with van der Waals surface area (Å²) < 4.78 is 22.2. The summed E-state index contributed by atoms with van der Waals surface area (Å²) in [6.45, 7) is 8.55. The SMILES string of the molecule is Cc1cnc(NC(=O)[C@H]2CCC[C@@H](CC(=O)N3CCOCC3)C2)cc1-c1cc(F)c2nn(C)c(C(C)C)c2c1. The van der Waals surface area contributed by atoms with Crippen LogP contribution in [0.15, 0.2) is 24.4 Å². The number of nitrogens with one attached hydrogen (secondary N) is 1. The van der Waals surface area contributed by atoms with Crippen molar-refractivity contribution in [2.24, 2.45) is 18.9 Å². The van der Waals surface area contributed by atoms with Crippen molar-refractivity contribution in [3.05, 3.63) is 41.5 Å². The maximum absolute atomic E-state index is 15.1. The van der Waals surface area contributed by atoms with Gasteiger partial charge in [-0.25, -0.2) is 9.37 Å². The molecule has 2 atom stereocenters. The molecule has 1 saturated carbocycles. The molecular formula is C30H38FN5O3. The second kappa shape index (κ2) is 11.4. The van der Waals surface area contributed by atoms with Crippen LogP contribution in [-0.4, -0.2) is 57.8 Å². The number of carbonyl (C=O) groups excluding carboxylic acids is 2. The van der Waals surface area contributed by atoms with E-state index >= 15 is 4.39 Å². The van der Waals surface area contributed by atoms with E-state index in [1.54, 1.807) is 10.9 Å². The Bertz CT molecular complexity index is 1380. The van der Waals surface area contributed by atoms with E-state index in [-0.39, 0.29) is 35.4 Å². The molecule has 208 valence electrons. The Hall–Kier alpha value is -3.33. The van der Waals surface area contributed by atoms with Gasteiger partial charge < -0.3 is 15.0 Å². The number of aromatic nitrogens is 3. The van der Waals surface area contributed by atoms with Crippen molar-refractivity contribution in [1.82, 2.24) is 19.7 Å². The zero-order valence-corrected chi connectivity index (χ0v) is 23.3. The van der Waals surface area contributed by atoms with Crippen LogP contribution in [0, 0.1) is 24.6 Å². The van der Waals surface area contributed by atoms with Gasteiger partial charge in [0.25, 0.3) is 0 Å². The fourth-order valence-electron chi connectivity index (χ4n) is 6.15. The number of hydrogen-bond donors (Lipinski definition) is 1. The number of morpholine rings is 1. The summed E-state index contributed by atoms with van der Waals surface area (Å²) in [5.41, 5.74) is 3.78. The summed E-state index contributed by atoms with van der Waals surface area (Å²) in [4.78, 5) is 32.3. The van der Waals surface area contributed by atoms with Crippen molar-refractivity contribution >= 4 is 28.5 Å². The molecule has 2 amide bonds. The Labute approximate surface area is 228 Å². The number of pyridine rings is 1. The van der Waals surface area contributed by atoms with Crippen molar-refractivity contribution < 1.29 is 18.7 Å². The molecule has 1 aliphatic carbocycles. The van der Waals surface area contributed by atoms with Crippen LogP contribution in [0.3, 0.4) is 0 Å². The minimum atomic E-state index is -0.369. The molecule has 39 heavy (non-hydrogen) atoms.